The Morgan fingerprint density at radius 2 is 2.00 bits per heavy atom. The molecule has 0 spiro atoms. The zero-order valence-electron chi connectivity index (χ0n) is 12.1. The summed E-state index contributed by atoms with van der Waals surface area (Å²) in [5, 5.41) is 10.8. The lowest BCUT2D eigenvalue weighted by Crippen LogP contribution is -2.28. The Hall–Kier alpha value is -1.18. The van der Waals surface area contributed by atoms with Crippen molar-refractivity contribution >= 4 is 34.2 Å². The van der Waals surface area contributed by atoms with Crippen LogP contribution in [0.2, 0.25) is 0 Å². The van der Waals surface area contributed by atoms with Crippen LogP contribution in [-0.4, -0.2) is 17.0 Å². The molecule has 0 unspecified atom stereocenters. The first-order valence-electron chi connectivity index (χ1n) is 6.93. The average Bonchev–Trinajstić information content (AvgIpc) is 2.41. The Labute approximate surface area is 137 Å². The lowest BCUT2D eigenvalue weighted by atomic mass is 9.76. The van der Waals surface area contributed by atoms with Gasteiger partial charge in [-0.3, -0.25) is 10.1 Å². The molecule has 1 aliphatic rings. The third kappa shape index (κ3) is 4.15. The Bertz CT molecular complexity index is 561. The molecule has 0 aromatic heterocycles. The van der Waals surface area contributed by atoms with E-state index >= 15 is 0 Å². The first-order chi connectivity index (χ1) is 9.78. The van der Waals surface area contributed by atoms with E-state index in [9.17, 15) is 14.9 Å². The molecule has 0 saturated heterocycles. The van der Waals surface area contributed by atoms with Gasteiger partial charge in [0.1, 0.15) is 6.10 Å². The largest absolute Gasteiger partial charge is 0.459 e. The summed E-state index contributed by atoms with van der Waals surface area (Å²) < 4.78 is 6.19. The van der Waals surface area contributed by atoms with Gasteiger partial charge in [0.25, 0.3) is 5.69 Å². The second-order valence-electron chi connectivity index (χ2n) is 6.19. The van der Waals surface area contributed by atoms with Gasteiger partial charge in [-0.2, -0.15) is 0 Å². The Morgan fingerprint density at radius 1 is 1.38 bits per heavy atom. The van der Waals surface area contributed by atoms with Crippen molar-refractivity contribution < 1.29 is 14.5 Å². The van der Waals surface area contributed by atoms with Crippen LogP contribution in [-0.2, 0) is 4.74 Å². The number of rotatable bonds is 3. The first-order valence-corrected chi connectivity index (χ1v) is 8.01. The molecule has 0 bridgehead atoms. The van der Waals surface area contributed by atoms with E-state index in [0.29, 0.717) is 8.99 Å². The number of nitro benzene ring substituents is 1. The van der Waals surface area contributed by atoms with E-state index in [1.165, 1.54) is 12.1 Å². The standard InChI is InChI=1S/C15H18INO4/c1-15(2)7-5-11(6-8-15)21-14(18)12-9-10(17(19)20)3-4-13(12)16/h3-4,9,11H,5-8H2,1-2H3. The Kier molecular flexibility index (Phi) is 4.85. The second-order valence-corrected chi connectivity index (χ2v) is 7.35. The summed E-state index contributed by atoms with van der Waals surface area (Å²) in [6, 6.07) is 4.25. The Balaban J connectivity index is 2.07. The lowest BCUT2D eigenvalue weighted by molar-refractivity contribution is -0.384. The predicted molar refractivity (Wildman–Crippen MR) is 87.3 cm³/mol. The van der Waals surface area contributed by atoms with E-state index in [-0.39, 0.29) is 17.4 Å². The molecule has 0 amide bonds. The highest BCUT2D eigenvalue weighted by Gasteiger charge is 2.29. The Morgan fingerprint density at radius 3 is 2.57 bits per heavy atom. The van der Waals surface area contributed by atoms with E-state index in [1.54, 1.807) is 6.07 Å². The minimum Gasteiger partial charge on any atom is -0.459 e. The molecule has 1 saturated carbocycles. The van der Waals surface area contributed by atoms with Crippen LogP contribution in [0.15, 0.2) is 18.2 Å². The van der Waals surface area contributed by atoms with Gasteiger partial charge in [0, 0.05) is 15.7 Å². The van der Waals surface area contributed by atoms with Crippen LogP contribution in [0.4, 0.5) is 5.69 Å². The number of halogens is 1. The van der Waals surface area contributed by atoms with E-state index in [2.05, 4.69) is 13.8 Å². The summed E-state index contributed by atoms with van der Waals surface area (Å²) in [6.45, 7) is 4.43. The monoisotopic (exact) mass is 403 g/mol. The van der Waals surface area contributed by atoms with Crippen LogP contribution in [0, 0.1) is 19.1 Å². The molecule has 1 aromatic rings. The number of benzene rings is 1. The topological polar surface area (TPSA) is 69.4 Å². The number of ether oxygens (including phenoxy) is 1. The molecule has 0 aliphatic heterocycles. The molecule has 2 rings (SSSR count). The third-order valence-corrected chi connectivity index (χ3v) is 4.88. The summed E-state index contributed by atoms with van der Waals surface area (Å²) in [5.74, 6) is -0.465. The van der Waals surface area contributed by atoms with Gasteiger partial charge >= 0.3 is 5.97 Å². The molecule has 1 aromatic carbocycles. The number of carbonyl (C=O) groups excluding carboxylic acids is 1. The van der Waals surface area contributed by atoms with Crippen LogP contribution >= 0.6 is 22.6 Å². The van der Waals surface area contributed by atoms with Gasteiger partial charge in [-0.1, -0.05) is 13.8 Å². The summed E-state index contributed by atoms with van der Waals surface area (Å²) in [5.41, 5.74) is 0.491. The molecule has 0 heterocycles. The van der Waals surface area contributed by atoms with Crippen molar-refractivity contribution in [2.75, 3.05) is 0 Å². The van der Waals surface area contributed by atoms with Gasteiger partial charge in [-0.25, -0.2) is 4.79 Å². The van der Waals surface area contributed by atoms with Crippen molar-refractivity contribution in [3.05, 3.63) is 37.4 Å². The van der Waals surface area contributed by atoms with Crippen LogP contribution in [0.25, 0.3) is 0 Å². The number of hydrogen-bond acceptors (Lipinski definition) is 4. The zero-order chi connectivity index (χ0) is 15.6. The zero-order valence-corrected chi connectivity index (χ0v) is 14.3. The smallest absolute Gasteiger partial charge is 0.339 e. The second kappa shape index (κ2) is 6.29. The van der Waals surface area contributed by atoms with Crippen molar-refractivity contribution in [1.82, 2.24) is 0 Å². The molecule has 0 atom stereocenters. The molecule has 1 aliphatic carbocycles. The van der Waals surface area contributed by atoms with Crippen LogP contribution in [0.1, 0.15) is 49.9 Å². The normalized spacial score (nSPS) is 18.2. The molecule has 0 N–H and O–H groups in total. The van der Waals surface area contributed by atoms with Gasteiger partial charge in [-0.15, -0.1) is 0 Å². The summed E-state index contributed by atoms with van der Waals surface area (Å²) in [6.07, 6.45) is 3.67. The quantitative estimate of drug-likeness (QED) is 0.326. The maximum atomic E-state index is 12.2. The van der Waals surface area contributed by atoms with Crippen molar-refractivity contribution in [2.45, 2.75) is 45.6 Å². The van der Waals surface area contributed by atoms with Crippen molar-refractivity contribution in [3.63, 3.8) is 0 Å². The maximum Gasteiger partial charge on any atom is 0.339 e. The first kappa shape index (κ1) is 16.2. The summed E-state index contributed by atoms with van der Waals surface area (Å²) >= 11 is 1.99. The number of hydrogen-bond donors (Lipinski definition) is 0. The number of nitrogens with zero attached hydrogens (tertiary/aromatic N) is 1. The van der Waals surface area contributed by atoms with Crippen molar-refractivity contribution in [2.24, 2.45) is 5.41 Å². The minimum atomic E-state index is -0.504. The van der Waals surface area contributed by atoms with E-state index < -0.39 is 10.9 Å². The molecule has 114 valence electrons. The fourth-order valence-electron chi connectivity index (χ4n) is 2.49. The molecule has 0 radical (unpaired) electrons. The number of non-ortho nitro benzene ring substituents is 1. The lowest BCUT2D eigenvalue weighted by Gasteiger charge is -2.33. The van der Waals surface area contributed by atoms with E-state index in [4.69, 9.17) is 4.74 Å². The van der Waals surface area contributed by atoms with E-state index in [0.717, 1.165) is 25.7 Å². The van der Waals surface area contributed by atoms with E-state index in [1.807, 2.05) is 22.6 Å². The van der Waals surface area contributed by atoms with Gasteiger partial charge in [0.15, 0.2) is 0 Å². The van der Waals surface area contributed by atoms with Crippen LogP contribution < -0.4 is 0 Å². The van der Waals surface area contributed by atoms with Gasteiger partial charge in [0.05, 0.1) is 10.5 Å². The van der Waals surface area contributed by atoms with Gasteiger partial charge in [0.2, 0.25) is 0 Å². The number of carbonyl (C=O) groups is 1. The summed E-state index contributed by atoms with van der Waals surface area (Å²) in [7, 11) is 0. The number of esters is 1. The third-order valence-electron chi connectivity index (χ3n) is 3.94. The predicted octanol–water partition coefficient (Wildman–Crippen LogP) is 4.33. The van der Waals surface area contributed by atoms with Crippen LogP contribution in [0.5, 0.6) is 0 Å². The molecule has 6 heteroatoms. The fourth-order valence-corrected chi connectivity index (χ4v) is 3.04. The number of nitro groups is 1. The highest BCUT2D eigenvalue weighted by Crippen LogP contribution is 2.36. The highest BCUT2D eigenvalue weighted by molar-refractivity contribution is 14.1. The SMILES string of the molecule is CC1(C)CCC(OC(=O)c2cc([N+](=O)[O-])ccc2I)CC1. The minimum absolute atomic E-state index is 0.0828. The summed E-state index contributed by atoms with van der Waals surface area (Å²) in [4.78, 5) is 22.5. The fraction of sp³-hybridized carbons (Fsp3) is 0.533. The molecule has 21 heavy (non-hydrogen) atoms. The van der Waals surface area contributed by atoms with Crippen LogP contribution in [0.3, 0.4) is 0 Å². The maximum absolute atomic E-state index is 12.2. The highest BCUT2D eigenvalue weighted by atomic mass is 127. The van der Waals surface area contributed by atoms with Crippen molar-refractivity contribution in [1.29, 1.82) is 0 Å². The average molecular weight is 403 g/mol. The van der Waals surface area contributed by atoms with Crippen molar-refractivity contribution in [3.8, 4) is 0 Å². The van der Waals surface area contributed by atoms with Gasteiger partial charge in [-0.05, 0) is 59.8 Å². The molecule has 5 nitrogen and oxygen atoms in total. The van der Waals surface area contributed by atoms with Gasteiger partial charge < -0.3 is 4.74 Å². The molecular weight excluding hydrogens is 385 g/mol. The molecule has 1 fully saturated rings. The molecular formula is C15H18INO4.